The van der Waals surface area contributed by atoms with Gasteiger partial charge in [-0.3, -0.25) is 14.4 Å². The van der Waals surface area contributed by atoms with Gasteiger partial charge in [0, 0.05) is 48.3 Å². The predicted octanol–water partition coefficient (Wildman–Crippen LogP) is 1.44. The van der Waals surface area contributed by atoms with Crippen molar-refractivity contribution in [2.75, 3.05) is 0 Å². The molecule has 2 aromatic carbocycles. The van der Waals surface area contributed by atoms with E-state index in [1.807, 2.05) is 42.5 Å². The number of imidazole rings is 1. The molecule has 12 heteroatoms. The molecule has 2 aromatic heterocycles. The maximum atomic E-state index is 13.8. The van der Waals surface area contributed by atoms with Crippen LogP contribution in [0.4, 0.5) is 0 Å². The van der Waals surface area contributed by atoms with Crippen molar-refractivity contribution >= 4 is 34.6 Å². The molecule has 2 heterocycles. The number of H-pyrrole nitrogens is 2. The molecule has 0 aliphatic rings. The average Bonchev–Trinajstić information content (AvgIpc) is 3.65. The Labute approximate surface area is 248 Å². The van der Waals surface area contributed by atoms with Gasteiger partial charge in [-0.15, -0.1) is 0 Å². The van der Waals surface area contributed by atoms with E-state index in [2.05, 4.69) is 30.9 Å². The van der Waals surface area contributed by atoms with Gasteiger partial charge in [0.25, 0.3) is 0 Å². The highest BCUT2D eigenvalue weighted by Crippen LogP contribution is 2.19. The fraction of sp³-hybridized carbons (Fsp3) is 0.323. The molecule has 0 fully saturated rings. The highest BCUT2D eigenvalue weighted by atomic mass is 16.4. The summed E-state index contributed by atoms with van der Waals surface area (Å²) in [5, 5.41) is 18.6. The van der Waals surface area contributed by atoms with E-state index in [1.165, 1.54) is 6.33 Å². The Hall–Kier alpha value is -4.97. The van der Waals surface area contributed by atoms with E-state index >= 15 is 0 Å². The molecular weight excluding hydrogens is 550 g/mol. The molecule has 0 aliphatic carbocycles. The van der Waals surface area contributed by atoms with E-state index in [-0.39, 0.29) is 25.2 Å². The molecule has 3 amide bonds. The van der Waals surface area contributed by atoms with Crippen LogP contribution >= 0.6 is 0 Å². The smallest absolute Gasteiger partial charge is 0.326 e. The van der Waals surface area contributed by atoms with Gasteiger partial charge in [0.2, 0.25) is 17.7 Å². The largest absolute Gasteiger partial charge is 0.480 e. The number of aromatic nitrogens is 3. The van der Waals surface area contributed by atoms with Crippen molar-refractivity contribution in [1.29, 1.82) is 0 Å². The minimum absolute atomic E-state index is 0.107. The lowest BCUT2D eigenvalue weighted by atomic mass is 10.00. The number of benzene rings is 2. The maximum absolute atomic E-state index is 13.8. The second kappa shape index (κ2) is 14.3. The number of nitrogens with one attached hydrogen (secondary N) is 5. The maximum Gasteiger partial charge on any atom is 0.326 e. The molecule has 4 aromatic rings. The highest BCUT2D eigenvalue weighted by Gasteiger charge is 2.32. The molecule has 4 unspecified atom stereocenters. The molecule has 4 atom stereocenters. The summed E-state index contributed by atoms with van der Waals surface area (Å²) in [6.45, 7) is 3.37. The molecule has 0 aliphatic heterocycles. The molecular formula is C31H37N7O5. The summed E-state index contributed by atoms with van der Waals surface area (Å²) in [4.78, 5) is 62.3. The molecule has 0 radical (unpaired) electrons. The highest BCUT2D eigenvalue weighted by molar-refractivity contribution is 5.95. The fourth-order valence-electron chi connectivity index (χ4n) is 4.83. The monoisotopic (exact) mass is 587 g/mol. The number of carboxylic acids is 1. The van der Waals surface area contributed by atoms with Gasteiger partial charge in [0.1, 0.15) is 18.1 Å². The van der Waals surface area contributed by atoms with Crippen molar-refractivity contribution < 1.29 is 24.3 Å². The van der Waals surface area contributed by atoms with Crippen LogP contribution in [0.25, 0.3) is 10.9 Å². The van der Waals surface area contributed by atoms with E-state index in [4.69, 9.17) is 5.73 Å². The number of hydrogen-bond donors (Lipinski definition) is 7. The number of aliphatic carboxylic acids is 1. The number of para-hydroxylation sites is 1. The number of nitrogens with zero attached hydrogens (tertiary/aromatic N) is 1. The van der Waals surface area contributed by atoms with Crippen LogP contribution in [-0.2, 0) is 38.4 Å². The fourth-order valence-corrected chi connectivity index (χ4v) is 4.83. The number of aromatic amines is 2. The number of carbonyl (C=O) groups excluding carboxylic acids is 3. The second-order valence-corrected chi connectivity index (χ2v) is 10.8. The zero-order valence-electron chi connectivity index (χ0n) is 24.0. The molecule has 0 saturated carbocycles. The minimum atomic E-state index is -1.18. The summed E-state index contributed by atoms with van der Waals surface area (Å²) in [6.07, 6.45) is 5.22. The average molecular weight is 588 g/mol. The number of carbonyl (C=O) groups is 4. The Bertz CT molecular complexity index is 1530. The molecule has 4 rings (SSSR count). The summed E-state index contributed by atoms with van der Waals surface area (Å²) in [6, 6.07) is 12.3. The van der Waals surface area contributed by atoms with Gasteiger partial charge in [-0.05, 0) is 23.1 Å². The molecule has 8 N–H and O–H groups in total. The van der Waals surface area contributed by atoms with Crippen LogP contribution in [0.2, 0.25) is 0 Å². The Balaban J connectivity index is 1.59. The number of nitrogens with two attached hydrogens (primary N) is 1. The van der Waals surface area contributed by atoms with Crippen molar-refractivity contribution in [2.45, 2.75) is 57.3 Å². The molecule has 226 valence electrons. The van der Waals surface area contributed by atoms with Gasteiger partial charge in [-0.25, -0.2) is 9.78 Å². The van der Waals surface area contributed by atoms with Crippen LogP contribution in [-0.4, -0.2) is 67.9 Å². The predicted molar refractivity (Wildman–Crippen MR) is 161 cm³/mol. The van der Waals surface area contributed by atoms with Crippen molar-refractivity contribution in [3.63, 3.8) is 0 Å². The van der Waals surface area contributed by atoms with Gasteiger partial charge >= 0.3 is 5.97 Å². The van der Waals surface area contributed by atoms with Crippen LogP contribution < -0.4 is 21.7 Å². The lowest BCUT2D eigenvalue weighted by molar-refractivity contribution is -0.143. The Morgan fingerprint density at radius 3 is 2.16 bits per heavy atom. The molecule has 0 saturated heterocycles. The first kappa shape index (κ1) is 31.0. The number of carboxylic acid groups (broad SMARTS) is 1. The third-order valence-corrected chi connectivity index (χ3v) is 7.21. The Morgan fingerprint density at radius 2 is 1.49 bits per heavy atom. The van der Waals surface area contributed by atoms with Crippen molar-refractivity contribution in [2.24, 2.45) is 11.7 Å². The van der Waals surface area contributed by atoms with Gasteiger partial charge in [-0.1, -0.05) is 62.4 Å². The topological polar surface area (TPSA) is 195 Å². The first-order chi connectivity index (χ1) is 20.6. The van der Waals surface area contributed by atoms with Gasteiger partial charge in [0.05, 0.1) is 12.4 Å². The van der Waals surface area contributed by atoms with Crippen LogP contribution in [0.1, 0.15) is 30.7 Å². The van der Waals surface area contributed by atoms with E-state index in [0.29, 0.717) is 5.69 Å². The third-order valence-electron chi connectivity index (χ3n) is 7.21. The SMILES string of the molecule is CC(C)C(NC(=O)C(Cc1ccccc1)NC(=O)C(Cc1c[nH]c2ccccc12)NC(=O)C(N)Cc1cnc[nH]1)C(=O)O. The summed E-state index contributed by atoms with van der Waals surface area (Å²) < 4.78 is 0. The Morgan fingerprint density at radius 1 is 0.837 bits per heavy atom. The number of rotatable bonds is 14. The van der Waals surface area contributed by atoms with Gasteiger partial charge in [0.15, 0.2) is 0 Å². The summed E-state index contributed by atoms with van der Waals surface area (Å²) in [7, 11) is 0. The second-order valence-electron chi connectivity index (χ2n) is 10.8. The lowest BCUT2D eigenvalue weighted by Crippen LogP contribution is -2.58. The zero-order valence-corrected chi connectivity index (χ0v) is 24.0. The van der Waals surface area contributed by atoms with Gasteiger partial charge in [-0.2, -0.15) is 0 Å². The van der Waals surface area contributed by atoms with Crippen LogP contribution in [0.15, 0.2) is 73.3 Å². The van der Waals surface area contributed by atoms with Crippen LogP contribution in [0.5, 0.6) is 0 Å². The number of amides is 3. The standard InChI is InChI=1S/C31H37N7O5/c1-18(2)27(31(42)43)38-30(41)25(12-19-8-4-3-5-9-19)37-29(40)26(13-20-15-34-24-11-7-6-10-22(20)24)36-28(39)23(32)14-21-16-33-17-35-21/h3-11,15-18,23,25-27,34H,12-14,32H2,1-2H3,(H,33,35)(H,36,39)(H,37,40)(H,38,41)(H,42,43). The first-order valence-electron chi connectivity index (χ1n) is 14.1. The van der Waals surface area contributed by atoms with E-state index < -0.39 is 47.9 Å². The Kier molecular flexibility index (Phi) is 10.3. The quantitative estimate of drug-likeness (QED) is 0.116. The summed E-state index contributed by atoms with van der Waals surface area (Å²) >= 11 is 0. The van der Waals surface area contributed by atoms with E-state index in [9.17, 15) is 24.3 Å². The zero-order chi connectivity index (χ0) is 30.9. The van der Waals surface area contributed by atoms with E-state index in [0.717, 1.165) is 22.0 Å². The molecule has 0 bridgehead atoms. The normalized spacial score (nSPS) is 14.0. The summed E-state index contributed by atoms with van der Waals surface area (Å²) in [5.41, 5.74) is 9.25. The van der Waals surface area contributed by atoms with Crippen molar-refractivity contribution in [3.05, 3.63) is 90.1 Å². The summed E-state index contributed by atoms with van der Waals surface area (Å²) in [5.74, 6) is -3.38. The number of hydrogen-bond acceptors (Lipinski definition) is 6. The van der Waals surface area contributed by atoms with Gasteiger partial charge < -0.3 is 36.8 Å². The van der Waals surface area contributed by atoms with Crippen molar-refractivity contribution in [3.8, 4) is 0 Å². The number of fused-ring (bicyclic) bond motifs is 1. The minimum Gasteiger partial charge on any atom is -0.480 e. The van der Waals surface area contributed by atoms with E-state index in [1.54, 1.807) is 38.4 Å². The molecule has 43 heavy (non-hydrogen) atoms. The first-order valence-corrected chi connectivity index (χ1v) is 14.1. The third kappa shape index (κ3) is 8.29. The van der Waals surface area contributed by atoms with Crippen molar-refractivity contribution in [1.82, 2.24) is 30.9 Å². The molecule has 0 spiro atoms. The lowest BCUT2D eigenvalue weighted by Gasteiger charge is -2.26. The molecule has 12 nitrogen and oxygen atoms in total. The van der Waals surface area contributed by atoms with Crippen LogP contribution in [0, 0.1) is 5.92 Å². The van der Waals surface area contributed by atoms with Crippen LogP contribution in [0.3, 0.4) is 0 Å².